The number of benzene rings is 2. The number of carbonyl (C=O) groups is 1. The smallest absolute Gasteiger partial charge is 0.247 e. The summed E-state index contributed by atoms with van der Waals surface area (Å²) >= 11 is 0. The number of hydrogen-bond donors (Lipinski definition) is 1. The Labute approximate surface area is 148 Å². The van der Waals surface area contributed by atoms with E-state index in [9.17, 15) is 13.2 Å². The monoisotopic (exact) mass is 362 g/mol. The van der Waals surface area contributed by atoms with Gasteiger partial charge in [0.15, 0.2) is 0 Å². The molecule has 0 fully saturated rings. The number of sulfonamides is 1. The third kappa shape index (κ3) is 4.58. The maximum Gasteiger partial charge on any atom is 0.247 e. The Morgan fingerprint density at radius 3 is 2.36 bits per heavy atom. The van der Waals surface area contributed by atoms with E-state index in [1.54, 1.807) is 36.4 Å². The Bertz CT molecular complexity index is 851. The second kappa shape index (κ2) is 7.67. The number of amides is 1. The minimum Gasteiger partial charge on any atom is -0.495 e. The van der Waals surface area contributed by atoms with Crippen LogP contribution in [0, 0.1) is 6.92 Å². The van der Waals surface area contributed by atoms with Gasteiger partial charge in [-0.1, -0.05) is 36.4 Å². The highest BCUT2D eigenvalue weighted by Gasteiger charge is 2.31. The van der Waals surface area contributed by atoms with E-state index in [4.69, 9.17) is 4.74 Å². The predicted molar refractivity (Wildman–Crippen MR) is 98.2 cm³/mol. The molecular weight excluding hydrogens is 340 g/mol. The summed E-state index contributed by atoms with van der Waals surface area (Å²) in [5.41, 5.74) is 2.03. The van der Waals surface area contributed by atoms with Crippen LogP contribution in [0.3, 0.4) is 0 Å². The van der Waals surface area contributed by atoms with Crippen molar-refractivity contribution < 1.29 is 17.9 Å². The normalized spacial score (nSPS) is 12.7. The zero-order chi connectivity index (χ0) is 18.6. The van der Waals surface area contributed by atoms with Crippen LogP contribution in [0.4, 0.5) is 5.69 Å². The molecule has 0 aliphatic rings. The van der Waals surface area contributed by atoms with Gasteiger partial charge < -0.3 is 10.1 Å². The molecule has 7 heteroatoms. The Morgan fingerprint density at radius 1 is 1.16 bits per heavy atom. The highest BCUT2D eigenvalue weighted by atomic mass is 32.2. The minimum absolute atomic E-state index is 0.456. The molecule has 0 aliphatic heterocycles. The van der Waals surface area contributed by atoms with Gasteiger partial charge in [0.2, 0.25) is 15.9 Å². The molecule has 0 aliphatic carbocycles. The molecule has 0 saturated heterocycles. The molecule has 1 N–H and O–H groups in total. The van der Waals surface area contributed by atoms with Gasteiger partial charge in [-0.3, -0.25) is 4.79 Å². The minimum atomic E-state index is -3.57. The van der Waals surface area contributed by atoms with Crippen molar-refractivity contribution in [2.75, 3.05) is 25.7 Å². The van der Waals surface area contributed by atoms with E-state index in [-0.39, 0.29) is 0 Å². The summed E-state index contributed by atoms with van der Waals surface area (Å²) in [5.74, 6) is 0.0517. The molecule has 0 unspecified atom stereocenters. The van der Waals surface area contributed by atoms with Gasteiger partial charge >= 0.3 is 0 Å². The Hall–Kier alpha value is -2.38. The van der Waals surface area contributed by atoms with Crippen molar-refractivity contribution >= 4 is 21.6 Å². The highest BCUT2D eigenvalue weighted by molar-refractivity contribution is 7.88. The predicted octanol–water partition coefficient (Wildman–Crippen LogP) is 2.57. The molecule has 0 heterocycles. The van der Waals surface area contributed by atoms with E-state index >= 15 is 0 Å². The molecule has 2 aromatic rings. The lowest BCUT2D eigenvalue weighted by atomic mass is 10.1. The number of carbonyl (C=O) groups excluding carboxylic acids is 1. The summed E-state index contributed by atoms with van der Waals surface area (Å²) < 4.78 is 30.3. The lowest BCUT2D eigenvalue weighted by Crippen LogP contribution is -2.38. The molecule has 6 nitrogen and oxygen atoms in total. The van der Waals surface area contributed by atoms with Gasteiger partial charge in [-0.25, -0.2) is 8.42 Å². The van der Waals surface area contributed by atoms with Crippen molar-refractivity contribution in [1.82, 2.24) is 4.31 Å². The molecule has 0 bridgehead atoms. The number of rotatable bonds is 6. The summed E-state index contributed by atoms with van der Waals surface area (Å²) in [6.45, 7) is 1.90. The summed E-state index contributed by atoms with van der Waals surface area (Å²) in [6, 6.07) is 13.2. The van der Waals surface area contributed by atoms with E-state index < -0.39 is 22.0 Å². The number of aryl methyl sites for hydroxylation is 1. The first-order chi connectivity index (χ1) is 11.7. The summed E-state index contributed by atoms with van der Waals surface area (Å²) in [5, 5.41) is 2.78. The Balaban J connectivity index is 2.42. The second-order valence-electron chi connectivity index (χ2n) is 5.79. The van der Waals surface area contributed by atoms with E-state index in [0.29, 0.717) is 17.0 Å². The molecule has 0 radical (unpaired) electrons. The SMILES string of the molecule is COc1ccc(C)cc1NC(=O)[C@@H](c1ccccc1)N(C)S(C)(=O)=O. The van der Waals surface area contributed by atoms with Gasteiger partial charge in [0.1, 0.15) is 11.8 Å². The molecule has 2 rings (SSSR count). The van der Waals surface area contributed by atoms with Crippen LogP contribution in [0.1, 0.15) is 17.2 Å². The molecule has 1 amide bonds. The molecule has 25 heavy (non-hydrogen) atoms. The van der Waals surface area contributed by atoms with E-state index in [1.807, 2.05) is 19.1 Å². The van der Waals surface area contributed by atoms with E-state index in [2.05, 4.69) is 5.32 Å². The number of methoxy groups -OCH3 is 1. The number of likely N-dealkylation sites (N-methyl/N-ethyl adjacent to an activating group) is 1. The molecule has 1 atom stereocenters. The zero-order valence-corrected chi connectivity index (χ0v) is 15.5. The van der Waals surface area contributed by atoms with Crippen molar-refractivity contribution in [2.24, 2.45) is 0 Å². The van der Waals surface area contributed by atoms with Crippen molar-refractivity contribution in [1.29, 1.82) is 0 Å². The van der Waals surface area contributed by atoms with E-state index in [0.717, 1.165) is 16.1 Å². The van der Waals surface area contributed by atoms with Crippen LogP contribution in [0.2, 0.25) is 0 Å². The highest BCUT2D eigenvalue weighted by Crippen LogP contribution is 2.28. The van der Waals surface area contributed by atoms with Gasteiger partial charge in [0.05, 0.1) is 19.1 Å². The van der Waals surface area contributed by atoms with E-state index in [1.165, 1.54) is 14.2 Å². The van der Waals surface area contributed by atoms with Crippen LogP contribution in [0.15, 0.2) is 48.5 Å². The fourth-order valence-corrected chi connectivity index (χ4v) is 3.07. The van der Waals surface area contributed by atoms with Gasteiger partial charge in [-0.2, -0.15) is 4.31 Å². The quantitative estimate of drug-likeness (QED) is 0.857. The van der Waals surface area contributed by atoms with Gasteiger partial charge in [0, 0.05) is 7.05 Å². The van der Waals surface area contributed by atoms with Gasteiger partial charge in [-0.15, -0.1) is 0 Å². The summed E-state index contributed by atoms with van der Waals surface area (Å²) in [4.78, 5) is 12.9. The largest absolute Gasteiger partial charge is 0.495 e. The van der Waals surface area contributed by atoms with Crippen molar-refractivity contribution in [3.05, 3.63) is 59.7 Å². The second-order valence-corrected chi connectivity index (χ2v) is 7.83. The molecule has 0 aromatic heterocycles. The average molecular weight is 362 g/mol. The third-order valence-electron chi connectivity index (χ3n) is 3.86. The topological polar surface area (TPSA) is 75.7 Å². The number of ether oxygens (including phenoxy) is 1. The Morgan fingerprint density at radius 2 is 1.80 bits per heavy atom. The first kappa shape index (κ1) is 19.0. The van der Waals surface area contributed by atoms with Crippen LogP contribution >= 0.6 is 0 Å². The van der Waals surface area contributed by atoms with Crippen LogP contribution in [-0.4, -0.2) is 39.0 Å². The maximum atomic E-state index is 12.9. The van der Waals surface area contributed by atoms with Crippen molar-refractivity contribution in [3.8, 4) is 5.75 Å². The number of nitrogens with one attached hydrogen (secondary N) is 1. The molecule has 0 spiro atoms. The van der Waals surface area contributed by atoms with Crippen LogP contribution in [0.5, 0.6) is 5.75 Å². The lowest BCUT2D eigenvalue weighted by Gasteiger charge is -2.26. The third-order valence-corrected chi connectivity index (χ3v) is 5.12. The number of anilines is 1. The van der Waals surface area contributed by atoms with Crippen LogP contribution in [-0.2, 0) is 14.8 Å². The van der Waals surface area contributed by atoms with Crippen LogP contribution < -0.4 is 10.1 Å². The first-order valence-electron chi connectivity index (χ1n) is 7.67. The van der Waals surface area contributed by atoms with Crippen molar-refractivity contribution in [2.45, 2.75) is 13.0 Å². The van der Waals surface area contributed by atoms with Gasteiger partial charge in [0.25, 0.3) is 0 Å². The Kier molecular flexibility index (Phi) is 5.81. The molecule has 134 valence electrons. The fourth-order valence-electron chi connectivity index (χ4n) is 2.47. The summed E-state index contributed by atoms with van der Waals surface area (Å²) in [7, 11) is -0.670. The average Bonchev–Trinajstić information content (AvgIpc) is 2.55. The maximum absolute atomic E-state index is 12.9. The van der Waals surface area contributed by atoms with Gasteiger partial charge in [-0.05, 0) is 30.2 Å². The standard InChI is InChI=1S/C18H22N2O4S/c1-13-10-11-16(24-3)15(12-13)19-18(21)17(20(2)25(4,22)23)14-8-6-5-7-9-14/h5-12,17H,1-4H3,(H,19,21)/t17-/m1/s1. The van der Waals surface area contributed by atoms with Crippen molar-refractivity contribution in [3.63, 3.8) is 0 Å². The fraction of sp³-hybridized carbons (Fsp3) is 0.278. The van der Waals surface area contributed by atoms with Crippen LogP contribution in [0.25, 0.3) is 0 Å². The zero-order valence-electron chi connectivity index (χ0n) is 14.7. The molecule has 0 saturated carbocycles. The number of nitrogens with zero attached hydrogens (tertiary/aromatic N) is 1. The summed E-state index contributed by atoms with van der Waals surface area (Å²) in [6.07, 6.45) is 1.07. The number of hydrogen-bond acceptors (Lipinski definition) is 4. The molecular formula is C18H22N2O4S. The first-order valence-corrected chi connectivity index (χ1v) is 9.52. The molecule has 2 aromatic carbocycles. The lowest BCUT2D eigenvalue weighted by molar-refractivity contribution is -0.119.